The van der Waals surface area contributed by atoms with Gasteiger partial charge in [-0.2, -0.15) is 0 Å². The molecule has 0 heterocycles. The van der Waals surface area contributed by atoms with Crippen LogP contribution in [0, 0.1) is 19.3 Å². The summed E-state index contributed by atoms with van der Waals surface area (Å²) in [5.41, 5.74) is 0.320. The lowest BCUT2D eigenvalue weighted by molar-refractivity contribution is -0.124. The number of terminal acetylenes is 1. The monoisotopic (exact) mass is 293 g/mol. The minimum atomic E-state index is -0.587. The second-order valence-electron chi connectivity index (χ2n) is 4.68. The fourth-order valence-corrected chi connectivity index (χ4v) is 1.94. The molecule has 1 amide bonds. The van der Waals surface area contributed by atoms with Crippen molar-refractivity contribution in [1.82, 2.24) is 5.32 Å². The van der Waals surface area contributed by atoms with E-state index in [9.17, 15) is 4.79 Å². The van der Waals surface area contributed by atoms with E-state index in [1.54, 1.807) is 18.2 Å². The molecule has 1 N–H and O–H groups in total. The fourth-order valence-electron chi connectivity index (χ4n) is 1.83. The quantitative estimate of drug-likeness (QED) is 0.817. The molecule has 0 saturated carbocycles. The summed E-state index contributed by atoms with van der Waals surface area (Å²) in [5, 5.41) is 3.52. The lowest BCUT2D eigenvalue weighted by Crippen LogP contribution is -2.48. The minimum absolute atomic E-state index is 0.0650. The number of carbonyl (C=O) groups is 1. The van der Waals surface area contributed by atoms with Crippen molar-refractivity contribution in [3.05, 3.63) is 28.8 Å². The molecule has 0 radical (unpaired) electrons. The van der Waals surface area contributed by atoms with Crippen molar-refractivity contribution in [2.24, 2.45) is 0 Å². The molecule has 3 nitrogen and oxygen atoms in total. The second kappa shape index (κ2) is 7.21. The van der Waals surface area contributed by atoms with Crippen LogP contribution in [0.1, 0.15) is 32.3 Å². The van der Waals surface area contributed by atoms with Crippen molar-refractivity contribution < 1.29 is 9.53 Å². The highest BCUT2D eigenvalue weighted by molar-refractivity contribution is 6.31. The highest BCUT2D eigenvalue weighted by Crippen LogP contribution is 2.21. The average molecular weight is 294 g/mol. The molecule has 0 saturated heterocycles. The van der Waals surface area contributed by atoms with E-state index in [2.05, 4.69) is 11.2 Å². The van der Waals surface area contributed by atoms with Gasteiger partial charge in [0, 0.05) is 5.02 Å². The van der Waals surface area contributed by atoms with Gasteiger partial charge in [-0.25, -0.2) is 0 Å². The molecule has 0 aromatic heterocycles. The van der Waals surface area contributed by atoms with Crippen molar-refractivity contribution in [2.75, 3.05) is 6.61 Å². The smallest absolute Gasteiger partial charge is 0.259 e. The number of hydrogen-bond acceptors (Lipinski definition) is 2. The Labute approximate surface area is 125 Å². The number of carbonyl (C=O) groups excluding carboxylic acids is 1. The highest BCUT2D eigenvalue weighted by atomic mass is 35.5. The Balaban J connectivity index is 2.59. The third-order valence-corrected chi connectivity index (χ3v) is 3.79. The van der Waals surface area contributed by atoms with Crippen molar-refractivity contribution in [1.29, 1.82) is 0 Å². The van der Waals surface area contributed by atoms with Gasteiger partial charge in [-0.1, -0.05) is 31.4 Å². The Morgan fingerprint density at radius 2 is 2.10 bits per heavy atom. The molecule has 20 heavy (non-hydrogen) atoms. The molecular formula is C16H20ClNO2. The van der Waals surface area contributed by atoms with Crippen molar-refractivity contribution in [3.63, 3.8) is 0 Å². The maximum atomic E-state index is 11.9. The largest absolute Gasteiger partial charge is 0.484 e. The molecule has 0 aliphatic heterocycles. The first kappa shape index (κ1) is 16.4. The van der Waals surface area contributed by atoms with Crippen molar-refractivity contribution in [2.45, 2.75) is 39.2 Å². The highest BCUT2D eigenvalue weighted by Gasteiger charge is 2.25. The molecule has 0 unspecified atom stereocenters. The summed E-state index contributed by atoms with van der Waals surface area (Å²) >= 11 is 5.93. The van der Waals surface area contributed by atoms with Crippen LogP contribution in [0.2, 0.25) is 5.02 Å². The first-order valence-corrected chi connectivity index (χ1v) is 7.02. The molecule has 1 aromatic carbocycles. The summed E-state index contributed by atoms with van der Waals surface area (Å²) in [4.78, 5) is 11.9. The van der Waals surface area contributed by atoms with Crippen LogP contribution in [-0.4, -0.2) is 18.1 Å². The Kier molecular flexibility index (Phi) is 5.91. The van der Waals surface area contributed by atoms with Crippen LogP contribution in [-0.2, 0) is 4.79 Å². The van der Waals surface area contributed by atoms with Crippen LogP contribution >= 0.6 is 11.6 Å². The lowest BCUT2D eigenvalue weighted by atomic mass is 9.94. The first-order valence-electron chi connectivity index (χ1n) is 6.64. The van der Waals surface area contributed by atoms with Crippen LogP contribution in [0.4, 0.5) is 0 Å². The summed E-state index contributed by atoms with van der Waals surface area (Å²) in [6, 6.07) is 5.27. The van der Waals surface area contributed by atoms with Crippen LogP contribution in [0.3, 0.4) is 0 Å². The molecule has 1 rings (SSSR count). The summed E-state index contributed by atoms with van der Waals surface area (Å²) in [5.74, 6) is 3.05. The Hall–Kier alpha value is -1.66. The maximum absolute atomic E-state index is 11.9. The van der Waals surface area contributed by atoms with E-state index < -0.39 is 5.54 Å². The van der Waals surface area contributed by atoms with Gasteiger partial charge < -0.3 is 10.1 Å². The van der Waals surface area contributed by atoms with E-state index >= 15 is 0 Å². The summed E-state index contributed by atoms with van der Waals surface area (Å²) in [7, 11) is 0. The number of rotatable bonds is 6. The van der Waals surface area contributed by atoms with Crippen LogP contribution in [0.15, 0.2) is 18.2 Å². The second-order valence-corrected chi connectivity index (χ2v) is 5.09. The Morgan fingerprint density at radius 3 is 2.60 bits per heavy atom. The van der Waals surface area contributed by atoms with Crippen LogP contribution in [0.5, 0.6) is 5.75 Å². The normalized spacial score (nSPS) is 10.8. The zero-order valence-electron chi connectivity index (χ0n) is 12.1. The number of hydrogen-bond donors (Lipinski definition) is 1. The van der Waals surface area contributed by atoms with E-state index in [4.69, 9.17) is 22.8 Å². The zero-order valence-corrected chi connectivity index (χ0v) is 12.9. The predicted molar refractivity (Wildman–Crippen MR) is 82.0 cm³/mol. The van der Waals surface area contributed by atoms with Crippen molar-refractivity contribution >= 4 is 17.5 Å². The SMILES string of the molecule is C#CC(CC)(CC)NC(=O)COc1ccc(Cl)c(C)c1. The molecule has 0 bridgehead atoms. The maximum Gasteiger partial charge on any atom is 0.259 e. The molecule has 0 spiro atoms. The van der Waals surface area contributed by atoms with Gasteiger partial charge in [-0.15, -0.1) is 6.42 Å². The molecule has 0 aliphatic carbocycles. The lowest BCUT2D eigenvalue weighted by Gasteiger charge is -2.26. The van der Waals surface area contributed by atoms with E-state index in [1.807, 2.05) is 20.8 Å². The topological polar surface area (TPSA) is 38.3 Å². The van der Waals surface area contributed by atoms with Crippen LogP contribution < -0.4 is 10.1 Å². The van der Waals surface area contributed by atoms with E-state index in [1.165, 1.54) is 0 Å². The van der Waals surface area contributed by atoms with Gasteiger partial charge in [0.15, 0.2) is 6.61 Å². The standard InChI is InChI=1S/C16H20ClNO2/c1-5-16(6-2,7-3)18-15(19)11-20-13-8-9-14(17)12(4)10-13/h1,8-10H,6-7,11H2,2-4H3,(H,18,19). The third kappa shape index (κ3) is 4.18. The minimum Gasteiger partial charge on any atom is -0.484 e. The van der Waals surface area contributed by atoms with E-state index in [0.717, 1.165) is 5.56 Å². The van der Waals surface area contributed by atoms with Gasteiger partial charge in [0.2, 0.25) is 0 Å². The average Bonchev–Trinajstić information content (AvgIpc) is 2.46. The van der Waals surface area contributed by atoms with Gasteiger partial charge in [0.05, 0.1) is 0 Å². The number of nitrogens with one attached hydrogen (secondary N) is 1. The molecule has 0 fully saturated rings. The zero-order chi connectivity index (χ0) is 15.2. The summed E-state index contributed by atoms with van der Waals surface area (Å²) in [6.07, 6.45) is 6.87. The molecule has 108 valence electrons. The van der Waals surface area contributed by atoms with Gasteiger partial charge in [0.1, 0.15) is 11.3 Å². The van der Waals surface area contributed by atoms with Crippen molar-refractivity contribution in [3.8, 4) is 18.1 Å². The molecule has 1 aromatic rings. The van der Waals surface area contributed by atoms with Gasteiger partial charge in [-0.05, 0) is 43.5 Å². The molecule has 0 atom stereocenters. The first-order chi connectivity index (χ1) is 9.46. The van der Waals surface area contributed by atoms with Gasteiger partial charge >= 0.3 is 0 Å². The summed E-state index contributed by atoms with van der Waals surface area (Å²) < 4.78 is 5.44. The number of aryl methyl sites for hydroxylation is 1. The van der Waals surface area contributed by atoms with Gasteiger partial charge in [0.25, 0.3) is 5.91 Å². The molecule has 4 heteroatoms. The number of ether oxygens (including phenoxy) is 1. The molecular weight excluding hydrogens is 274 g/mol. The Morgan fingerprint density at radius 1 is 1.45 bits per heavy atom. The predicted octanol–water partition coefficient (Wildman–Crippen LogP) is 3.34. The van der Waals surface area contributed by atoms with E-state index in [-0.39, 0.29) is 12.5 Å². The fraction of sp³-hybridized carbons (Fsp3) is 0.438. The molecule has 0 aliphatic rings. The van der Waals surface area contributed by atoms with E-state index in [0.29, 0.717) is 23.6 Å². The van der Waals surface area contributed by atoms with Crippen LogP contribution in [0.25, 0.3) is 0 Å². The number of amides is 1. The number of benzene rings is 1. The Bertz CT molecular complexity index is 516. The number of halogens is 1. The summed E-state index contributed by atoms with van der Waals surface area (Å²) in [6.45, 7) is 5.72. The third-order valence-electron chi connectivity index (χ3n) is 3.36. The van der Waals surface area contributed by atoms with Gasteiger partial charge in [-0.3, -0.25) is 4.79 Å².